The molecule has 0 saturated carbocycles. The lowest BCUT2D eigenvalue weighted by Gasteiger charge is -2.13. The summed E-state index contributed by atoms with van der Waals surface area (Å²) in [6.07, 6.45) is 1.19. The van der Waals surface area contributed by atoms with Crippen LogP contribution in [0.5, 0.6) is 0 Å². The Balaban J connectivity index is 0.00000480. The molecule has 2 rings (SSSR count). The molecule has 0 aliphatic heterocycles. The Morgan fingerprint density at radius 2 is 1.84 bits per heavy atom. The molecule has 0 radical (unpaired) electrons. The van der Waals surface area contributed by atoms with Gasteiger partial charge in [0.2, 0.25) is 0 Å². The standard InChI is InChI=1S/C20H27N5O4S.HI/c1-4-21-20(23-12-11-22-17-7-5-6-8-18(17)25(26)27)24-14-16-9-10-19(15(2)13-16)30(3,28)29;/h5-10,13,22H,4,11-12,14H2,1-3H3,(H2,21,23,24);1H. The van der Waals surface area contributed by atoms with Gasteiger partial charge in [-0.15, -0.1) is 24.0 Å². The molecule has 0 unspecified atom stereocenters. The van der Waals surface area contributed by atoms with E-state index in [1.54, 1.807) is 37.3 Å². The van der Waals surface area contributed by atoms with E-state index < -0.39 is 14.8 Å². The second kappa shape index (κ2) is 12.4. The number of nitro groups is 1. The Labute approximate surface area is 199 Å². The summed E-state index contributed by atoms with van der Waals surface area (Å²) in [6, 6.07) is 11.7. The van der Waals surface area contributed by atoms with Gasteiger partial charge in [0.15, 0.2) is 15.8 Å². The Morgan fingerprint density at radius 3 is 2.45 bits per heavy atom. The molecule has 0 bridgehead atoms. The zero-order valence-electron chi connectivity index (χ0n) is 17.7. The van der Waals surface area contributed by atoms with Gasteiger partial charge in [0.1, 0.15) is 5.69 Å². The van der Waals surface area contributed by atoms with Gasteiger partial charge in [0.05, 0.1) is 16.4 Å². The van der Waals surface area contributed by atoms with Crippen LogP contribution in [0.1, 0.15) is 18.1 Å². The molecular weight excluding hydrogens is 533 g/mol. The van der Waals surface area contributed by atoms with E-state index in [-0.39, 0.29) is 29.7 Å². The third kappa shape index (κ3) is 8.32. The first-order chi connectivity index (χ1) is 14.2. The Morgan fingerprint density at radius 1 is 1.13 bits per heavy atom. The topological polar surface area (TPSA) is 126 Å². The number of rotatable bonds is 9. The quantitative estimate of drug-likeness (QED) is 0.107. The number of hydrogen-bond donors (Lipinski definition) is 3. The fourth-order valence-corrected chi connectivity index (χ4v) is 3.86. The van der Waals surface area contributed by atoms with Gasteiger partial charge in [-0.3, -0.25) is 10.1 Å². The summed E-state index contributed by atoms with van der Waals surface area (Å²) in [6.45, 7) is 5.75. The number of nitrogens with one attached hydrogen (secondary N) is 3. The first kappa shape index (κ1) is 26.6. The lowest BCUT2D eigenvalue weighted by atomic mass is 10.1. The van der Waals surface area contributed by atoms with E-state index in [9.17, 15) is 18.5 Å². The molecule has 170 valence electrons. The van der Waals surface area contributed by atoms with Gasteiger partial charge in [-0.05, 0) is 37.1 Å². The van der Waals surface area contributed by atoms with E-state index in [0.29, 0.717) is 48.3 Å². The highest BCUT2D eigenvalue weighted by Crippen LogP contribution is 2.22. The molecule has 0 saturated heterocycles. The average Bonchev–Trinajstić information content (AvgIpc) is 2.68. The second-order valence-electron chi connectivity index (χ2n) is 6.69. The highest BCUT2D eigenvalue weighted by atomic mass is 127. The Bertz CT molecular complexity index is 1030. The average molecular weight is 561 g/mol. The number of nitrogens with zero attached hydrogens (tertiary/aromatic N) is 2. The number of para-hydroxylation sites is 2. The maximum absolute atomic E-state index is 11.7. The maximum atomic E-state index is 11.7. The zero-order valence-corrected chi connectivity index (χ0v) is 20.9. The maximum Gasteiger partial charge on any atom is 0.292 e. The van der Waals surface area contributed by atoms with Crippen LogP contribution < -0.4 is 16.0 Å². The van der Waals surface area contributed by atoms with Crippen molar-refractivity contribution in [3.8, 4) is 0 Å². The van der Waals surface area contributed by atoms with Gasteiger partial charge in [0, 0.05) is 32.0 Å². The molecule has 0 heterocycles. The number of aliphatic imine (C=N–C) groups is 1. The normalized spacial score (nSPS) is 11.4. The van der Waals surface area contributed by atoms with Crippen molar-refractivity contribution in [1.29, 1.82) is 0 Å². The number of sulfone groups is 1. The number of anilines is 1. The number of guanidine groups is 1. The molecule has 0 amide bonds. The Kier molecular flexibility index (Phi) is 10.7. The van der Waals surface area contributed by atoms with Crippen molar-refractivity contribution >= 4 is 51.1 Å². The molecule has 9 nitrogen and oxygen atoms in total. The largest absolute Gasteiger partial charge is 0.378 e. The molecule has 0 fully saturated rings. The van der Waals surface area contributed by atoms with Gasteiger partial charge in [0.25, 0.3) is 5.69 Å². The molecule has 0 aromatic heterocycles. The minimum atomic E-state index is -3.25. The van der Waals surface area contributed by atoms with E-state index in [0.717, 1.165) is 5.56 Å². The molecule has 0 atom stereocenters. The highest BCUT2D eigenvalue weighted by Gasteiger charge is 2.12. The lowest BCUT2D eigenvalue weighted by Crippen LogP contribution is -2.39. The monoisotopic (exact) mass is 561 g/mol. The molecule has 31 heavy (non-hydrogen) atoms. The van der Waals surface area contributed by atoms with Gasteiger partial charge in [-0.1, -0.05) is 24.3 Å². The molecule has 2 aromatic carbocycles. The van der Waals surface area contributed by atoms with Crippen LogP contribution in [0.25, 0.3) is 0 Å². The summed E-state index contributed by atoms with van der Waals surface area (Å²) in [5, 5.41) is 20.4. The van der Waals surface area contributed by atoms with Gasteiger partial charge >= 0.3 is 0 Å². The van der Waals surface area contributed by atoms with Crippen molar-refractivity contribution in [2.45, 2.75) is 25.3 Å². The van der Waals surface area contributed by atoms with Gasteiger partial charge in [-0.2, -0.15) is 0 Å². The van der Waals surface area contributed by atoms with Crippen molar-refractivity contribution in [2.24, 2.45) is 4.99 Å². The minimum Gasteiger partial charge on any atom is -0.378 e. The molecule has 2 aromatic rings. The summed E-state index contributed by atoms with van der Waals surface area (Å²) in [7, 11) is -3.25. The first-order valence-corrected chi connectivity index (χ1v) is 11.4. The molecule has 0 aliphatic rings. The molecule has 3 N–H and O–H groups in total. The fraction of sp³-hybridized carbons (Fsp3) is 0.350. The van der Waals surface area contributed by atoms with Crippen molar-refractivity contribution in [3.63, 3.8) is 0 Å². The van der Waals surface area contributed by atoms with E-state index in [1.807, 2.05) is 13.0 Å². The number of nitro benzene ring substituents is 1. The Hall–Kier alpha value is -2.41. The van der Waals surface area contributed by atoms with Crippen LogP contribution in [0.3, 0.4) is 0 Å². The summed E-state index contributed by atoms with van der Waals surface area (Å²) in [5.41, 5.74) is 2.09. The van der Waals surface area contributed by atoms with E-state index in [2.05, 4.69) is 20.9 Å². The van der Waals surface area contributed by atoms with Crippen LogP contribution in [0.4, 0.5) is 11.4 Å². The smallest absolute Gasteiger partial charge is 0.292 e. The van der Waals surface area contributed by atoms with Gasteiger partial charge in [-0.25, -0.2) is 13.4 Å². The third-order valence-electron chi connectivity index (χ3n) is 4.24. The van der Waals surface area contributed by atoms with E-state index in [4.69, 9.17) is 0 Å². The molecular formula is C20H28IN5O4S. The van der Waals surface area contributed by atoms with Crippen LogP contribution >= 0.6 is 24.0 Å². The van der Waals surface area contributed by atoms with Crippen LogP contribution in [0.15, 0.2) is 52.4 Å². The van der Waals surface area contributed by atoms with Crippen LogP contribution in [-0.2, 0) is 16.4 Å². The zero-order chi connectivity index (χ0) is 22.1. The summed E-state index contributed by atoms with van der Waals surface area (Å²) in [4.78, 5) is 15.5. The lowest BCUT2D eigenvalue weighted by molar-refractivity contribution is -0.384. The van der Waals surface area contributed by atoms with Crippen molar-refractivity contribution in [3.05, 3.63) is 63.7 Å². The summed E-state index contributed by atoms with van der Waals surface area (Å²) < 4.78 is 23.5. The molecule has 11 heteroatoms. The van der Waals surface area contributed by atoms with E-state index >= 15 is 0 Å². The second-order valence-corrected chi connectivity index (χ2v) is 8.68. The van der Waals surface area contributed by atoms with Crippen LogP contribution in [0, 0.1) is 17.0 Å². The molecule has 0 aliphatic carbocycles. The fourth-order valence-electron chi connectivity index (χ4n) is 2.90. The molecule has 0 spiro atoms. The number of halogens is 1. The van der Waals surface area contributed by atoms with Crippen LogP contribution in [0.2, 0.25) is 0 Å². The van der Waals surface area contributed by atoms with Crippen LogP contribution in [-0.4, -0.2) is 45.2 Å². The number of aryl methyl sites for hydroxylation is 1. The minimum absolute atomic E-state index is 0. The van der Waals surface area contributed by atoms with E-state index in [1.165, 1.54) is 12.3 Å². The SMILES string of the molecule is CCNC(=NCc1ccc(S(C)(=O)=O)c(C)c1)NCCNc1ccccc1[N+](=O)[O-].I. The van der Waals surface area contributed by atoms with Crippen molar-refractivity contribution < 1.29 is 13.3 Å². The van der Waals surface area contributed by atoms with Crippen molar-refractivity contribution in [2.75, 3.05) is 31.2 Å². The highest BCUT2D eigenvalue weighted by molar-refractivity contribution is 14.0. The predicted octanol–water partition coefficient (Wildman–Crippen LogP) is 3.09. The number of benzene rings is 2. The predicted molar refractivity (Wildman–Crippen MR) is 134 cm³/mol. The van der Waals surface area contributed by atoms with Crippen molar-refractivity contribution in [1.82, 2.24) is 10.6 Å². The summed E-state index contributed by atoms with van der Waals surface area (Å²) in [5.74, 6) is 0.603. The van der Waals surface area contributed by atoms with Gasteiger partial charge < -0.3 is 16.0 Å². The summed E-state index contributed by atoms with van der Waals surface area (Å²) >= 11 is 0. The number of hydrogen-bond acceptors (Lipinski definition) is 6. The third-order valence-corrected chi connectivity index (χ3v) is 5.49. The first-order valence-electron chi connectivity index (χ1n) is 9.51.